The lowest BCUT2D eigenvalue weighted by Crippen LogP contribution is -2.38. The van der Waals surface area contributed by atoms with Gasteiger partial charge in [-0.15, -0.1) is 0 Å². The molecule has 0 bridgehead atoms. The van der Waals surface area contributed by atoms with Crippen molar-refractivity contribution in [3.8, 4) is 0 Å². The molecule has 1 rings (SSSR count). The molecule has 0 aliphatic carbocycles. The van der Waals surface area contributed by atoms with E-state index in [0.29, 0.717) is 6.42 Å². The minimum atomic E-state index is -0.637. The van der Waals surface area contributed by atoms with Crippen LogP contribution in [0.2, 0.25) is 0 Å². The largest absolute Gasteiger partial charge is 0.386 e. The van der Waals surface area contributed by atoms with Crippen LogP contribution in [0.1, 0.15) is 31.9 Å². The maximum atomic E-state index is 11.5. The van der Waals surface area contributed by atoms with Gasteiger partial charge in [0.1, 0.15) is 0 Å². The van der Waals surface area contributed by atoms with Gasteiger partial charge in [0.05, 0.1) is 12.1 Å². The summed E-state index contributed by atoms with van der Waals surface area (Å²) in [6.07, 6.45) is -0.177. The van der Waals surface area contributed by atoms with Gasteiger partial charge in [-0.1, -0.05) is 37.3 Å². The number of hydrogen-bond donors (Lipinski definition) is 1. The monoisotopic (exact) mass is 221 g/mol. The quantitative estimate of drug-likeness (QED) is 0.844. The first kappa shape index (κ1) is 12.7. The number of carbonyl (C=O) groups excluding carboxylic acids is 1. The van der Waals surface area contributed by atoms with Crippen molar-refractivity contribution in [2.45, 2.75) is 32.4 Å². The van der Waals surface area contributed by atoms with Gasteiger partial charge in [-0.3, -0.25) is 4.79 Å². The molecule has 0 aliphatic heterocycles. The molecule has 1 aromatic carbocycles. The second-order valence-electron chi connectivity index (χ2n) is 3.95. The maximum Gasteiger partial charge on any atom is 0.222 e. The highest BCUT2D eigenvalue weighted by Gasteiger charge is 2.22. The van der Waals surface area contributed by atoms with Crippen molar-refractivity contribution < 1.29 is 9.90 Å². The molecule has 0 fully saturated rings. The molecule has 88 valence electrons. The molecule has 3 nitrogen and oxygen atoms in total. The normalized spacial score (nSPS) is 14.2. The van der Waals surface area contributed by atoms with Gasteiger partial charge in [0.15, 0.2) is 0 Å². The third-order valence-electron chi connectivity index (χ3n) is 2.90. The minimum Gasteiger partial charge on any atom is -0.386 e. The Kier molecular flexibility index (Phi) is 4.50. The summed E-state index contributed by atoms with van der Waals surface area (Å²) in [5, 5.41) is 10.1. The predicted octanol–water partition coefficient (Wildman–Crippen LogP) is 1.98. The number of aliphatic hydroxyl groups excluding tert-OH is 1. The number of amides is 1. The predicted molar refractivity (Wildman–Crippen MR) is 63.9 cm³/mol. The highest BCUT2D eigenvalue weighted by molar-refractivity contribution is 5.75. The number of rotatable bonds is 4. The van der Waals surface area contributed by atoms with Crippen LogP contribution in [-0.4, -0.2) is 29.0 Å². The zero-order valence-electron chi connectivity index (χ0n) is 10.1. The molecule has 1 N–H and O–H groups in total. The van der Waals surface area contributed by atoms with Crippen LogP contribution in [0.3, 0.4) is 0 Å². The number of nitrogens with zero attached hydrogens (tertiary/aromatic N) is 1. The highest BCUT2D eigenvalue weighted by atomic mass is 16.3. The molecule has 0 spiro atoms. The Morgan fingerprint density at radius 2 is 1.94 bits per heavy atom. The van der Waals surface area contributed by atoms with Gasteiger partial charge in [0, 0.05) is 13.5 Å². The summed E-state index contributed by atoms with van der Waals surface area (Å²) in [6.45, 7) is 3.67. The molecule has 0 saturated heterocycles. The molecule has 1 amide bonds. The van der Waals surface area contributed by atoms with Crippen molar-refractivity contribution in [3.63, 3.8) is 0 Å². The van der Waals surface area contributed by atoms with Gasteiger partial charge in [-0.25, -0.2) is 0 Å². The first-order valence-corrected chi connectivity index (χ1v) is 5.56. The number of carbonyl (C=O) groups is 1. The Bertz CT molecular complexity index is 337. The van der Waals surface area contributed by atoms with Crippen LogP contribution < -0.4 is 0 Å². The van der Waals surface area contributed by atoms with E-state index < -0.39 is 6.10 Å². The lowest BCUT2D eigenvalue weighted by atomic mass is 10.0. The Balaban J connectivity index is 2.74. The van der Waals surface area contributed by atoms with Gasteiger partial charge in [-0.2, -0.15) is 0 Å². The van der Waals surface area contributed by atoms with Crippen molar-refractivity contribution in [1.29, 1.82) is 0 Å². The van der Waals surface area contributed by atoms with Crippen LogP contribution >= 0.6 is 0 Å². The third-order valence-corrected chi connectivity index (χ3v) is 2.90. The van der Waals surface area contributed by atoms with Gasteiger partial charge in [-0.05, 0) is 12.5 Å². The minimum absolute atomic E-state index is 0.0440. The van der Waals surface area contributed by atoms with Gasteiger partial charge in [0.25, 0.3) is 0 Å². The van der Waals surface area contributed by atoms with Crippen LogP contribution in [0.25, 0.3) is 0 Å². The second-order valence-corrected chi connectivity index (χ2v) is 3.95. The van der Waals surface area contributed by atoms with Crippen molar-refractivity contribution in [2.24, 2.45) is 0 Å². The summed E-state index contributed by atoms with van der Waals surface area (Å²) in [5.41, 5.74) is 0.839. The molecule has 16 heavy (non-hydrogen) atoms. The summed E-state index contributed by atoms with van der Waals surface area (Å²) in [6, 6.07) is 9.19. The third kappa shape index (κ3) is 2.83. The molecule has 0 saturated carbocycles. The lowest BCUT2D eigenvalue weighted by molar-refractivity contribution is -0.133. The fourth-order valence-electron chi connectivity index (χ4n) is 1.62. The Hall–Kier alpha value is -1.35. The number of aliphatic hydroxyl groups is 1. The van der Waals surface area contributed by atoms with Crippen LogP contribution in [-0.2, 0) is 4.79 Å². The number of benzene rings is 1. The first-order chi connectivity index (χ1) is 7.57. The smallest absolute Gasteiger partial charge is 0.222 e. The Morgan fingerprint density at radius 3 is 2.44 bits per heavy atom. The van der Waals surface area contributed by atoms with E-state index in [2.05, 4.69) is 0 Å². The first-order valence-electron chi connectivity index (χ1n) is 5.56. The summed E-state index contributed by atoms with van der Waals surface area (Å²) in [4.78, 5) is 13.1. The van der Waals surface area contributed by atoms with Crippen molar-refractivity contribution in [2.75, 3.05) is 7.05 Å². The fourth-order valence-corrected chi connectivity index (χ4v) is 1.62. The van der Waals surface area contributed by atoms with E-state index in [1.165, 1.54) is 0 Å². The van der Waals surface area contributed by atoms with Crippen molar-refractivity contribution in [3.05, 3.63) is 35.9 Å². The molecule has 2 unspecified atom stereocenters. The number of likely N-dealkylation sites (N-methyl/N-ethyl adjacent to an activating group) is 1. The van der Waals surface area contributed by atoms with Gasteiger partial charge in [0.2, 0.25) is 5.91 Å². The highest BCUT2D eigenvalue weighted by Crippen LogP contribution is 2.19. The van der Waals surface area contributed by atoms with Gasteiger partial charge >= 0.3 is 0 Å². The van der Waals surface area contributed by atoms with E-state index in [0.717, 1.165) is 5.56 Å². The molecule has 0 radical (unpaired) electrons. The van der Waals surface area contributed by atoms with Crippen LogP contribution in [0.5, 0.6) is 0 Å². The Morgan fingerprint density at radius 1 is 1.38 bits per heavy atom. The standard InChI is InChI=1S/C13H19NO2/c1-4-12(15)14(3)10(2)13(16)11-8-6-5-7-9-11/h5-10,13,16H,4H2,1-3H3. The van der Waals surface area contributed by atoms with Gasteiger partial charge < -0.3 is 10.0 Å². The SMILES string of the molecule is CCC(=O)N(C)C(C)C(O)c1ccccc1. The van der Waals surface area contributed by atoms with Crippen molar-refractivity contribution in [1.82, 2.24) is 4.90 Å². The maximum absolute atomic E-state index is 11.5. The summed E-state index contributed by atoms with van der Waals surface area (Å²) < 4.78 is 0. The average Bonchev–Trinajstić information content (AvgIpc) is 2.36. The van der Waals surface area contributed by atoms with Crippen LogP contribution in [0.15, 0.2) is 30.3 Å². The summed E-state index contributed by atoms with van der Waals surface area (Å²) in [5.74, 6) is 0.0440. The second kappa shape index (κ2) is 5.66. The molecule has 2 atom stereocenters. The van der Waals surface area contributed by atoms with E-state index in [1.54, 1.807) is 11.9 Å². The van der Waals surface area contributed by atoms with Crippen LogP contribution in [0.4, 0.5) is 0 Å². The average molecular weight is 221 g/mol. The van der Waals surface area contributed by atoms with E-state index in [9.17, 15) is 9.90 Å². The van der Waals surface area contributed by atoms with E-state index >= 15 is 0 Å². The molecule has 0 heterocycles. The zero-order chi connectivity index (χ0) is 12.1. The van der Waals surface area contributed by atoms with E-state index in [4.69, 9.17) is 0 Å². The zero-order valence-corrected chi connectivity index (χ0v) is 10.1. The summed E-state index contributed by atoms with van der Waals surface area (Å²) >= 11 is 0. The molecule has 1 aromatic rings. The number of hydrogen-bond acceptors (Lipinski definition) is 2. The topological polar surface area (TPSA) is 40.5 Å². The van der Waals surface area contributed by atoms with Crippen molar-refractivity contribution >= 4 is 5.91 Å². The molecular weight excluding hydrogens is 202 g/mol. The molecule has 3 heteroatoms. The molecular formula is C13H19NO2. The summed E-state index contributed by atoms with van der Waals surface area (Å²) in [7, 11) is 1.72. The lowest BCUT2D eigenvalue weighted by Gasteiger charge is -2.29. The molecule has 0 aromatic heterocycles. The van der Waals surface area contributed by atoms with E-state index in [-0.39, 0.29) is 11.9 Å². The van der Waals surface area contributed by atoms with Crippen LogP contribution in [0, 0.1) is 0 Å². The fraction of sp³-hybridized carbons (Fsp3) is 0.462. The van der Waals surface area contributed by atoms with E-state index in [1.807, 2.05) is 44.2 Å². The molecule has 0 aliphatic rings. The Labute approximate surface area is 96.7 Å².